The normalized spacial score (nSPS) is 20.0. The molecule has 0 bridgehead atoms. The first kappa shape index (κ1) is 20.4. The third-order valence-corrected chi connectivity index (χ3v) is 4.69. The van der Waals surface area contributed by atoms with Crippen LogP contribution in [0.3, 0.4) is 0 Å². The molecule has 26 heavy (non-hydrogen) atoms. The smallest absolute Gasteiger partial charge is 0.220 e. The minimum Gasteiger partial charge on any atom is -0.391 e. The van der Waals surface area contributed by atoms with Crippen LogP contribution in [0.2, 0.25) is 0 Å². The molecule has 1 N–H and O–H groups in total. The molecule has 0 aromatic heterocycles. The van der Waals surface area contributed by atoms with E-state index in [0.29, 0.717) is 19.6 Å². The minimum absolute atomic E-state index is 0.131. The second-order valence-electron chi connectivity index (χ2n) is 6.99. The Morgan fingerprint density at radius 1 is 0.885 bits per heavy atom. The number of nitrogens with zero attached hydrogens (tertiary/aromatic N) is 1. The van der Waals surface area contributed by atoms with Crippen LogP contribution in [0.5, 0.6) is 0 Å². The van der Waals surface area contributed by atoms with E-state index < -0.39 is 0 Å². The molecule has 1 amide bonds. The molecule has 0 radical (unpaired) electrons. The Hall–Kier alpha value is -1.91. The predicted octanol–water partition coefficient (Wildman–Crippen LogP) is 5.12. The van der Waals surface area contributed by atoms with Gasteiger partial charge < -0.3 is 10.2 Å². The fraction of sp³-hybridized carbons (Fsp3) is 0.619. The fourth-order valence-corrected chi connectivity index (χ4v) is 3.10. The predicted molar refractivity (Wildman–Crippen MR) is 102 cm³/mol. The Balaban J connectivity index is 1.83. The lowest BCUT2D eigenvalue weighted by Gasteiger charge is -2.08. The molecule has 1 saturated heterocycles. The van der Waals surface area contributed by atoms with E-state index in [4.69, 9.17) is 4.84 Å². The summed E-state index contributed by atoms with van der Waals surface area (Å²) in [7, 11) is 0. The highest BCUT2D eigenvalue weighted by molar-refractivity contribution is 5.84. The van der Waals surface area contributed by atoms with Crippen LogP contribution in [0.25, 0.3) is 0 Å². The summed E-state index contributed by atoms with van der Waals surface area (Å²) >= 11 is 0. The van der Waals surface area contributed by atoms with Crippen molar-refractivity contribution in [3.63, 3.8) is 0 Å². The van der Waals surface area contributed by atoms with E-state index in [1.165, 1.54) is 44.2 Å². The number of carbonyl (C=O) groups is 1. The van der Waals surface area contributed by atoms with Crippen LogP contribution in [0.1, 0.15) is 76.2 Å². The average molecular weight is 362 g/mol. The summed E-state index contributed by atoms with van der Waals surface area (Å²) in [6.45, 7) is 0.938. The highest BCUT2D eigenvalue weighted by atomic mass is 19.1. The number of hydrogen-bond donors (Lipinski definition) is 1. The lowest BCUT2D eigenvalue weighted by atomic mass is 10.0. The Labute approximate surface area is 156 Å². The minimum atomic E-state index is -0.252. The van der Waals surface area contributed by atoms with E-state index in [9.17, 15) is 9.18 Å². The maximum atomic E-state index is 12.9. The van der Waals surface area contributed by atoms with Gasteiger partial charge in [0.1, 0.15) is 12.4 Å². The van der Waals surface area contributed by atoms with Crippen LogP contribution >= 0.6 is 0 Å². The maximum Gasteiger partial charge on any atom is 0.220 e. The standard InChI is InChI=1S/C21H31FN2O2/c22-19-13-11-18(12-14-19)17-26-24-20-9-7-5-3-1-2-4-6-8-10-21(25)23-16-15-20/h11-14H,1-10,15-17H2,(H,23,25)/b24-20-. The van der Waals surface area contributed by atoms with Gasteiger partial charge in [0, 0.05) is 19.4 Å². The summed E-state index contributed by atoms with van der Waals surface area (Å²) in [5, 5.41) is 7.27. The molecule has 4 nitrogen and oxygen atoms in total. The quantitative estimate of drug-likeness (QED) is 0.759. The molecule has 0 unspecified atom stereocenters. The molecule has 5 heteroatoms. The summed E-state index contributed by atoms with van der Waals surface area (Å²) < 4.78 is 12.9. The molecule has 2 rings (SSSR count). The summed E-state index contributed by atoms with van der Waals surface area (Å²) in [4.78, 5) is 17.3. The number of halogens is 1. The summed E-state index contributed by atoms with van der Waals surface area (Å²) in [6, 6.07) is 6.25. The highest BCUT2D eigenvalue weighted by Crippen LogP contribution is 2.13. The van der Waals surface area contributed by atoms with E-state index in [-0.39, 0.29) is 11.7 Å². The van der Waals surface area contributed by atoms with Gasteiger partial charge in [-0.2, -0.15) is 0 Å². The molecular formula is C21H31FN2O2. The van der Waals surface area contributed by atoms with Crippen LogP contribution in [-0.4, -0.2) is 18.2 Å². The second-order valence-corrected chi connectivity index (χ2v) is 6.99. The molecule has 1 aromatic rings. The van der Waals surface area contributed by atoms with Gasteiger partial charge in [0.15, 0.2) is 0 Å². The van der Waals surface area contributed by atoms with E-state index in [1.807, 2.05) is 0 Å². The first-order chi connectivity index (χ1) is 12.7. The number of amides is 1. The van der Waals surface area contributed by atoms with Crippen LogP contribution in [0, 0.1) is 5.82 Å². The van der Waals surface area contributed by atoms with Gasteiger partial charge in [-0.3, -0.25) is 4.79 Å². The van der Waals surface area contributed by atoms with Crippen molar-refractivity contribution in [1.82, 2.24) is 5.32 Å². The fourth-order valence-electron chi connectivity index (χ4n) is 3.10. The zero-order valence-electron chi connectivity index (χ0n) is 15.6. The maximum absolute atomic E-state index is 12.9. The van der Waals surface area contributed by atoms with Crippen LogP contribution in [-0.2, 0) is 16.2 Å². The molecule has 1 aromatic carbocycles. The van der Waals surface area contributed by atoms with E-state index >= 15 is 0 Å². The third-order valence-electron chi connectivity index (χ3n) is 4.69. The number of nitrogens with one attached hydrogen (secondary N) is 1. The van der Waals surface area contributed by atoms with Gasteiger partial charge in [-0.05, 0) is 37.0 Å². The SMILES string of the molecule is O=C1CCCCCCCCCC/C(=N/OCc2ccc(F)cc2)CCN1. The van der Waals surface area contributed by atoms with Crippen molar-refractivity contribution in [3.8, 4) is 0 Å². The first-order valence-electron chi connectivity index (χ1n) is 9.93. The molecular weight excluding hydrogens is 331 g/mol. The van der Waals surface area contributed by atoms with Gasteiger partial charge in [0.2, 0.25) is 5.91 Å². The topological polar surface area (TPSA) is 50.7 Å². The average Bonchev–Trinajstić information content (AvgIpc) is 2.64. The molecule has 0 atom stereocenters. The molecule has 1 heterocycles. The van der Waals surface area contributed by atoms with Crippen molar-refractivity contribution in [2.24, 2.45) is 5.16 Å². The monoisotopic (exact) mass is 362 g/mol. The molecule has 0 saturated carbocycles. The van der Waals surface area contributed by atoms with Gasteiger partial charge in [0.05, 0.1) is 5.71 Å². The van der Waals surface area contributed by atoms with Crippen molar-refractivity contribution in [3.05, 3.63) is 35.6 Å². The van der Waals surface area contributed by atoms with E-state index in [0.717, 1.165) is 43.4 Å². The van der Waals surface area contributed by atoms with Crippen molar-refractivity contribution >= 4 is 11.6 Å². The van der Waals surface area contributed by atoms with E-state index in [2.05, 4.69) is 10.5 Å². The number of hydrogen-bond acceptors (Lipinski definition) is 3. The van der Waals surface area contributed by atoms with Crippen LogP contribution in [0.15, 0.2) is 29.4 Å². The van der Waals surface area contributed by atoms with Crippen LogP contribution in [0.4, 0.5) is 4.39 Å². The molecule has 0 spiro atoms. The van der Waals surface area contributed by atoms with Gasteiger partial charge in [0.25, 0.3) is 0 Å². The summed E-state index contributed by atoms with van der Waals surface area (Å²) in [5.41, 5.74) is 1.88. The zero-order valence-corrected chi connectivity index (χ0v) is 15.6. The Bertz CT molecular complexity index is 558. The van der Waals surface area contributed by atoms with Crippen molar-refractivity contribution < 1.29 is 14.0 Å². The highest BCUT2D eigenvalue weighted by Gasteiger charge is 2.06. The van der Waals surface area contributed by atoms with Gasteiger partial charge in [-0.15, -0.1) is 0 Å². The van der Waals surface area contributed by atoms with Crippen molar-refractivity contribution in [2.75, 3.05) is 6.54 Å². The number of benzene rings is 1. The van der Waals surface area contributed by atoms with Gasteiger partial charge in [-0.1, -0.05) is 55.8 Å². The summed E-state index contributed by atoms with van der Waals surface area (Å²) in [6.07, 6.45) is 11.7. The summed E-state index contributed by atoms with van der Waals surface area (Å²) in [5.74, 6) is -0.121. The molecule has 1 fully saturated rings. The lowest BCUT2D eigenvalue weighted by molar-refractivity contribution is -0.121. The molecule has 0 aliphatic carbocycles. The van der Waals surface area contributed by atoms with Gasteiger partial charge in [-0.25, -0.2) is 4.39 Å². The van der Waals surface area contributed by atoms with Gasteiger partial charge >= 0.3 is 0 Å². The van der Waals surface area contributed by atoms with E-state index in [1.54, 1.807) is 12.1 Å². The largest absolute Gasteiger partial charge is 0.391 e. The Morgan fingerprint density at radius 2 is 1.50 bits per heavy atom. The molecule has 1 aliphatic heterocycles. The van der Waals surface area contributed by atoms with Crippen molar-refractivity contribution in [2.45, 2.75) is 77.2 Å². The Morgan fingerprint density at radius 3 is 2.19 bits per heavy atom. The third kappa shape index (κ3) is 8.97. The first-order valence-corrected chi connectivity index (χ1v) is 9.93. The zero-order chi connectivity index (χ0) is 18.5. The number of rotatable bonds is 3. The molecule has 144 valence electrons. The Kier molecular flexibility index (Phi) is 9.77. The molecule has 1 aliphatic rings. The van der Waals surface area contributed by atoms with Crippen LogP contribution < -0.4 is 5.32 Å². The lowest BCUT2D eigenvalue weighted by Crippen LogP contribution is -2.25. The second kappa shape index (κ2) is 12.4. The number of oxime groups is 1. The van der Waals surface area contributed by atoms with Crippen molar-refractivity contribution in [1.29, 1.82) is 0 Å². The number of carbonyl (C=O) groups excluding carboxylic acids is 1.